The maximum Gasteiger partial charge on any atom is 0.239 e. The van der Waals surface area contributed by atoms with Gasteiger partial charge in [-0.15, -0.1) is 0 Å². The first kappa shape index (κ1) is 18.4. The van der Waals surface area contributed by atoms with E-state index in [1.807, 2.05) is 45.0 Å². The molecular formula is C17H22BrN3O3. The van der Waals surface area contributed by atoms with Gasteiger partial charge in [-0.25, -0.2) is 0 Å². The minimum Gasteiger partial charge on any atom is -0.350 e. The number of rotatable bonds is 4. The number of benzene rings is 1. The lowest BCUT2D eigenvalue weighted by Gasteiger charge is -2.21. The lowest BCUT2D eigenvalue weighted by atomic mass is 10.1. The zero-order chi connectivity index (χ0) is 17.9. The quantitative estimate of drug-likeness (QED) is 0.763. The molecule has 7 heteroatoms. The number of carbonyl (C=O) groups is 3. The summed E-state index contributed by atoms with van der Waals surface area (Å²) in [4.78, 5) is 38.1. The van der Waals surface area contributed by atoms with Crippen molar-refractivity contribution in [1.29, 1.82) is 0 Å². The van der Waals surface area contributed by atoms with Gasteiger partial charge in [-0.2, -0.15) is 0 Å². The highest BCUT2D eigenvalue weighted by molar-refractivity contribution is 9.10. The van der Waals surface area contributed by atoms with Crippen LogP contribution in [0.25, 0.3) is 0 Å². The Kier molecular flexibility index (Phi) is 5.64. The molecule has 6 nitrogen and oxygen atoms in total. The van der Waals surface area contributed by atoms with E-state index in [0.29, 0.717) is 13.0 Å². The molecule has 3 amide bonds. The largest absolute Gasteiger partial charge is 0.350 e. The third-order valence-electron chi connectivity index (χ3n) is 3.58. The van der Waals surface area contributed by atoms with E-state index in [1.54, 1.807) is 4.90 Å². The van der Waals surface area contributed by atoms with Crippen molar-refractivity contribution < 1.29 is 14.4 Å². The average molecular weight is 396 g/mol. The highest BCUT2D eigenvalue weighted by Gasteiger charge is 2.37. The van der Waals surface area contributed by atoms with E-state index in [0.717, 1.165) is 10.2 Å². The number of amides is 3. The maximum atomic E-state index is 12.5. The van der Waals surface area contributed by atoms with E-state index in [1.165, 1.54) is 0 Å². The third kappa shape index (κ3) is 4.80. The van der Waals surface area contributed by atoms with Crippen LogP contribution in [0.1, 0.15) is 27.2 Å². The summed E-state index contributed by atoms with van der Waals surface area (Å²) in [5.74, 6) is -1.65. The number of nitrogens with one attached hydrogen (secondary N) is 2. The molecule has 1 heterocycles. The SMILES string of the molecule is CC(C)(C)NC(=O)CNC(=O)C1CCN(c2cccc(Br)c2)C1=O. The van der Waals surface area contributed by atoms with Gasteiger partial charge in [0.15, 0.2) is 0 Å². The molecule has 0 saturated carbocycles. The van der Waals surface area contributed by atoms with Crippen LogP contribution in [0.4, 0.5) is 5.69 Å². The second-order valence-electron chi connectivity index (χ2n) is 6.83. The van der Waals surface area contributed by atoms with Crippen LogP contribution in [0.15, 0.2) is 28.7 Å². The van der Waals surface area contributed by atoms with Crippen molar-refractivity contribution >= 4 is 39.3 Å². The van der Waals surface area contributed by atoms with Crippen molar-refractivity contribution in [1.82, 2.24) is 10.6 Å². The number of halogens is 1. The summed E-state index contributed by atoms with van der Waals surface area (Å²) in [5.41, 5.74) is 0.401. The first-order valence-corrected chi connectivity index (χ1v) is 8.62. The molecule has 24 heavy (non-hydrogen) atoms. The first-order valence-electron chi connectivity index (χ1n) is 7.83. The molecule has 1 aliphatic heterocycles. The molecule has 2 N–H and O–H groups in total. The number of hydrogen-bond acceptors (Lipinski definition) is 3. The number of anilines is 1. The van der Waals surface area contributed by atoms with Crippen molar-refractivity contribution in [2.75, 3.05) is 18.0 Å². The monoisotopic (exact) mass is 395 g/mol. The standard InChI is InChI=1S/C17H22BrN3O3/c1-17(2,3)20-14(22)10-19-15(23)13-7-8-21(16(13)24)12-6-4-5-11(18)9-12/h4-6,9,13H,7-8,10H2,1-3H3,(H,19,23)(H,20,22). The first-order chi connectivity index (χ1) is 11.2. The van der Waals surface area contributed by atoms with Crippen LogP contribution in [0, 0.1) is 5.92 Å². The molecule has 1 saturated heterocycles. The Bertz CT molecular complexity index is 655. The van der Waals surface area contributed by atoms with Gasteiger partial charge in [0.05, 0.1) is 6.54 Å². The number of nitrogens with zero attached hydrogens (tertiary/aromatic N) is 1. The predicted octanol–water partition coefficient (Wildman–Crippen LogP) is 1.83. The highest BCUT2D eigenvalue weighted by Crippen LogP contribution is 2.27. The van der Waals surface area contributed by atoms with Crippen LogP contribution >= 0.6 is 15.9 Å². The van der Waals surface area contributed by atoms with E-state index in [2.05, 4.69) is 26.6 Å². The van der Waals surface area contributed by atoms with E-state index < -0.39 is 11.8 Å². The van der Waals surface area contributed by atoms with Gasteiger partial charge in [0.25, 0.3) is 0 Å². The van der Waals surface area contributed by atoms with Crippen molar-refractivity contribution in [2.45, 2.75) is 32.7 Å². The van der Waals surface area contributed by atoms with Crippen molar-refractivity contribution in [3.63, 3.8) is 0 Å². The molecule has 1 unspecified atom stereocenters. The van der Waals surface area contributed by atoms with Crippen LogP contribution in [-0.4, -0.2) is 36.3 Å². The summed E-state index contributed by atoms with van der Waals surface area (Å²) in [6.07, 6.45) is 0.443. The predicted molar refractivity (Wildman–Crippen MR) is 95.5 cm³/mol. The zero-order valence-electron chi connectivity index (χ0n) is 14.1. The van der Waals surface area contributed by atoms with Gasteiger partial charge in [-0.3, -0.25) is 14.4 Å². The van der Waals surface area contributed by atoms with Crippen LogP contribution in [0.5, 0.6) is 0 Å². The van der Waals surface area contributed by atoms with E-state index in [-0.39, 0.29) is 23.9 Å². The van der Waals surface area contributed by atoms with Gasteiger partial charge in [-0.05, 0) is 45.4 Å². The zero-order valence-corrected chi connectivity index (χ0v) is 15.6. The minimum absolute atomic E-state index is 0.128. The molecular weight excluding hydrogens is 374 g/mol. The second kappa shape index (κ2) is 7.34. The van der Waals surface area contributed by atoms with Gasteiger partial charge >= 0.3 is 0 Å². The molecule has 0 spiro atoms. The molecule has 1 aromatic rings. The van der Waals surface area contributed by atoms with Crippen molar-refractivity contribution in [2.24, 2.45) is 5.92 Å². The van der Waals surface area contributed by atoms with Crippen LogP contribution in [-0.2, 0) is 14.4 Å². The topological polar surface area (TPSA) is 78.5 Å². The van der Waals surface area contributed by atoms with Gasteiger partial charge in [0.2, 0.25) is 17.7 Å². The van der Waals surface area contributed by atoms with Gasteiger partial charge in [0.1, 0.15) is 5.92 Å². The molecule has 1 aromatic carbocycles. The number of carbonyl (C=O) groups excluding carboxylic acids is 3. The fourth-order valence-electron chi connectivity index (χ4n) is 2.58. The molecule has 1 atom stereocenters. The average Bonchev–Trinajstić information content (AvgIpc) is 2.85. The molecule has 130 valence electrons. The molecule has 0 aromatic heterocycles. The van der Waals surface area contributed by atoms with Crippen LogP contribution < -0.4 is 15.5 Å². The van der Waals surface area contributed by atoms with Crippen LogP contribution in [0.3, 0.4) is 0 Å². The molecule has 0 radical (unpaired) electrons. The summed E-state index contributed by atoms with van der Waals surface area (Å²) in [7, 11) is 0. The summed E-state index contributed by atoms with van der Waals surface area (Å²) < 4.78 is 0.875. The van der Waals surface area contributed by atoms with Gasteiger partial charge in [-0.1, -0.05) is 22.0 Å². The summed E-state index contributed by atoms with van der Waals surface area (Å²) >= 11 is 3.38. The highest BCUT2D eigenvalue weighted by atomic mass is 79.9. The summed E-state index contributed by atoms with van der Waals surface area (Å²) in [6.45, 7) is 5.95. The van der Waals surface area contributed by atoms with Crippen LogP contribution in [0.2, 0.25) is 0 Å². The Labute approximate surface area is 150 Å². The summed E-state index contributed by atoms with van der Waals surface area (Å²) in [6, 6.07) is 7.40. The summed E-state index contributed by atoms with van der Waals surface area (Å²) in [5, 5.41) is 5.32. The van der Waals surface area contributed by atoms with Gasteiger partial charge in [0, 0.05) is 22.2 Å². The maximum absolute atomic E-state index is 12.5. The Morgan fingerprint density at radius 3 is 2.67 bits per heavy atom. The van der Waals surface area contributed by atoms with Gasteiger partial charge < -0.3 is 15.5 Å². The Balaban J connectivity index is 1.92. The fraction of sp³-hybridized carbons (Fsp3) is 0.471. The second-order valence-corrected chi connectivity index (χ2v) is 7.74. The van der Waals surface area contributed by atoms with Crippen molar-refractivity contribution in [3.05, 3.63) is 28.7 Å². The molecule has 2 rings (SSSR count). The van der Waals surface area contributed by atoms with E-state index >= 15 is 0 Å². The normalized spacial score (nSPS) is 17.8. The Morgan fingerprint density at radius 1 is 1.33 bits per heavy atom. The van der Waals surface area contributed by atoms with E-state index in [4.69, 9.17) is 0 Å². The Morgan fingerprint density at radius 2 is 2.04 bits per heavy atom. The third-order valence-corrected chi connectivity index (χ3v) is 4.07. The smallest absolute Gasteiger partial charge is 0.239 e. The Hall–Kier alpha value is -1.89. The lowest BCUT2D eigenvalue weighted by molar-refractivity contribution is -0.134. The minimum atomic E-state index is -0.744. The van der Waals surface area contributed by atoms with E-state index in [9.17, 15) is 14.4 Å². The molecule has 1 aliphatic rings. The molecule has 0 aliphatic carbocycles. The number of hydrogen-bond donors (Lipinski definition) is 2. The molecule has 1 fully saturated rings. The molecule has 0 bridgehead atoms. The lowest BCUT2D eigenvalue weighted by Crippen LogP contribution is -2.47. The van der Waals surface area contributed by atoms with Crippen molar-refractivity contribution in [3.8, 4) is 0 Å². The fourth-order valence-corrected chi connectivity index (χ4v) is 2.96.